The van der Waals surface area contributed by atoms with Crippen molar-refractivity contribution < 1.29 is 0 Å². The molecule has 0 aliphatic rings. The monoisotopic (exact) mass is 227 g/mol. The first-order valence-electron chi connectivity index (χ1n) is 5.26. The number of hydrogen-bond acceptors (Lipinski definition) is 4. The van der Waals surface area contributed by atoms with E-state index in [1.54, 1.807) is 11.3 Å². The van der Waals surface area contributed by atoms with Crippen LogP contribution >= 0.6 is 11.3 Å². The van der Waals surface area contributed by atoms with Gasteiger partial charge in [0.05, 0.1) is 10.7 Å². The van der Waals surface area contributed by atoms with Gasteiger partial charge in [0.15, 0.2) is 0 Å². The fraction of sp³-hybridized carbons (Fsp3) is 0.727. The van der Waals surface area contributed by atoms with E-state index in [1.165, 1.54) is 4.88 Å². The van der Waals surface area contributed by atoms with Crippen molar-refractivity contribution in [2.45, 2.75) is 46.2 Å². The fourth-order valence-corrected chi connectivity index (χ4v) is 2.41. The summed E-state index contributed by atoms with van der Waals surface area (Å²) in [5, 5.41) is 4.57. The van der Waals surface area contributed by atoms with E-state index in [2.05, 4.69) is 24.1 Å². The van der Waals surface area contributed by atoms with Crippen molar-refractivity contribution in [3.8, 4) is 0 Å². The van der Waals surface area contributed by atoms with E-state index in [0.717, 1.165) is 17.2 Å². The van der Waals surface area contributed by atoms with Gasteiger partial charge in [-0.2, -0.15) is 0 Å². The number of aromatic nitrogens is 1. The quantitative estimate of drug-likeness (QED) is 0.828. The van der Waals surface area contributed by atoms with E-state index in [4.69, 9.17) is 5.73 Å². The lowest BCUT2D eigenvalue weighted by atomic mass is 10.1. The van der Waals surface area contributed by atoms with Gasteiger partial charge in [0.25, 0.3) is 0 Å². The van der Waals surface area contributed by atoms with Gasteiger partial charge in [0.2, 0.25) is 0 Å². The first kappa shape index (κ1) is 12.6. The smallest absolute Gasteiger partial charge is 0.0900 e. The van der Waals surface area contributed by atoms with Crippen molar-refractivity contribution in [2.24, 2.45) is 5.73 Å². The topological polar surface area (TPSA) is 50.9 Å². The molecular weight excluding hydrogens is 206 g/mol. The van der Waals surface area contributed by atoms with Crippen molar-refractivity contribution >= 4 is 11.3 Å². The number of hydrogen-bond donors (Lipinski definition) is 2. The van der Waals surface area contributed by atoms with Gasteiger partial charge in [-0.05, 0) is 34.6 Å². The second kappa shape index (κ2) is 4.60. The standard InChI is InChI=1S/C11H21N3S/c1-7(13-6-11(4,5)12)10-8(2)14-9(3)15-10/h7,13H,6,12H2,1-5H3. The largest absolute Gasteiger partial charge is 0.324 e. The number of rotatable bonds is 4. The summed E-state index contributed by atoms with van der Waals surface area (Å²) in [6.07, 6.45) is 0. The molecular formula is C11H21N3S. The van der Waals surface area contributed by atoms with Crippen molar-refractivity contribution in [3.63, 3.8) is 0 Å². The molecule has 4 heteroatoms. The minimum atomic E-state index is -0.165. The Balaban J connectivity index is 2.61. The molecule has 0 fully saturated rings. The summed E-state index contributed by atoms with van der Waals surface area (Å²) in [5.41, 5.74) is 6.90. The van der Waals surface area contributed by atoms with E-state index in [9.17, 15) is 0 Å². The van der Waals surface area contributed by atoms with Gasteiger partial charge in [0, 0.05) is 23.0 Å². The molecule has 1 heterocycles. The predicted molar refractivity (Wildman–Crippen MR) is 66.3 cm³/mol. The molecule has 0 radical (unpaired) electrons. The molecule has 1 unspecified atom stereocenters. The lowest BCUT2D eigenvalue weighted by Crippen LogP contribution is -2.43. The van der Waals surface area contributed by atoms with E-state index >= 15 is 0 Å². The van der Waals surface area contributed by atoms with E-state index in [-0.39, 0.29) is 5.54 Å². The zero-order valence-corrected chi connectivity index (χ0v) is 11.0. The molecule has 0 saturated carbocycles. The van der Waals surface area contributed by atoms with E-state index in [1.807, 2.05) is 20.8 Å². The van der Waals surface area contributed by atoms with Crippen LogP contribution < -0.4 is 11.1 Å². The Labute approximate surface area is 96.1 Å². The maximum Gasteiger partial charge on any atom is 0.0900 e. The van der Waals surface area contributed by atoms with Gasteiger partial charge in [0.1, 0.15) is 0 Å². The Bertz CT molecular complexity index is 325. The highest BCUT2D eigenvalue weighted by molar-refractivity contribution is 7.11. The molecule has 0 spiro atoms. The average molecular weight is 227 g/mol. The summed E-state index contributed by atoms with van der Waals surface area (Å²) in [6, 6.07) is 0.332. The van der Waals surface area contributed by atoms with Crippen LogP contribution in [0.4, 0.5) is 0 Å². The highest BCUT2D eigenvalue weighted by atomic mass is 32.1. The van der Waals surface area contributed by atoms with Gasteiger partial charge >= 0.3 is 0 Å². The molecule has 0 bridgehead atoms. The van der Waals surface area contributed by atoms with Crippen LogP contribution in [0.25, 0.3) is 0 Å². The first-order chi connectivity index (χ1) is 6.79. The molecule has 1 aromatic rings. The van der Waals surface area contributed by atoms with Gasteiger partial charge in [-0.15, -0.1) is 11.3 Å². The maximum atomic E-state index is 5.93. The summed E-state index contributed by atoms with van der Waals surface area (Å²) >= 11 is 1.76. The fourth-order valence-electron chi connectivity index (χ4n) is 1.46. The molecule has 0 aromatic carbocycles. The van der Waals surface area contributed by atoms with Crippen LogP contribution in [-0.2, 0) is 0 Å². The van der Waals surface area contributed by atoms with Gasteiger partial charge in [-0.3, -0.25) is 0 Å². The van der Waals surface area contributed by atoms with Crippen LogP contribution in [0.3, 0.4) is 0 Å². The van der Waals surface area contributed by atoms with Crippen molar-refractivity contribution in [1.29, 1.82) is 0 Å². The van der Waals surface area contributed by atoms with Crippen LogP contribution in [-0.4, -0.2) is 17.1 Å². The zero-order chi connectivity index (χ0) is 11.6. The Hall–Kier alpha value is -0.450. The Kier molecular flexibility index (Phi) is 3.87. The number of nitrogens with zero attached hydrogens (tertiary/aromatic N) is 1. The Morgan fingerprint density at radius 3 is 2.47 bits per heavy atom. The Morgan fingerprint density at radius 2 is 2.07 bits per heavy atom. The number of nitrogens with two attached hydrogens (primary N) is 1. The normalized spacial score (nSPS) is 14.3. The maximum absolute atomic E-state index is 5.93. The third-order valence-corrected chi connectivity index (χ3v) is 3.45. The number of nitrogens with one attached hydrogen (secondary N) is 1. The highest BCUT2D eigenvalue weighted by Gasteiger charge is 2.16. The molecule has 1 atom stereocenters. The minimum Gasteiger partial charge on any atom is -0.324 e. The third-order valence-electron chi connectivity index (χ3n) is 2.20. The van der Waals surface area contributed by atoms with E-state index < -0.39 is 0 Å². The van der Waals surface area contributed by atoms with Crippen LogP contribution in [0, 0.1) is 13.8 Å². The number of thiazole rings is 1. The molecule has 3 nitrogen and oxygen atoms in total. The first-order valence-corrected chi connectivity index (χ1v) is 6.07. The second-order valence-electron chi connectivity index (χ2n) is 4.77. The van der Waals surface area contributed by atoms with Gasteiger partial charge in [-0.1, -0.05) is 0 Å². The molecule has 86 valence electrons. The lowest BCUT2D eigenvalue weighted by Gasteiger charge is -2.22. The summed E-state index contributed by atoms with van der Waals surface area (Å²) < 4.78 is 0. The molecule has 0 saturated heterocycles. The predicted octanol–water partition coefficient (Wildman–Crippen LogP) is 2.15. The van der Waals surface area contributed by atoms with Gasteiger partial charge in [-0.25, -0.2) is 4.98 Å². The number of aryl methyl sites for hydroxylation is 2. The average Bonchev–Trinajstić information content (AvgIpc) is 2.40. The van der Waals surface area contributed by atoms with Crippen molar-refractivity contribution in [2.75, 3.05) is 6.54 Å². The zero-order valence-electron chi connectivity index (χ0n) is 10.2. The third kappa shape index (κ3) is 3.89. The summed E-state index contributed by atoms with van der Waals surface area (Å²) in [6.45, 7) is 11.1. The molecule has 1 rings (SSSR count). The Morgan fingerprint density at radius 1 is 1.47 bits per heavy atom. The summed E-state index contributed by atoms with van der Waals surface area (Å²) in [4.78, 5) is 5.74. The summed E-state index contributed by atoms with van der Waals surface area (Å²) in [7, 11) is 0. The van der Waals surface area contributed by atoms with Gasteiger partial charge < -0.3 is 11.1 Å². The molecule has 0 amide bonds. The van der Waals surface area contributed by atoms with Crippen LogP contribution in [0.1, 0.15) is 42.4 Å². The summed E-state index contributed by atoms with van der Waals surface area (Å²) in [5.74, 6) is 0. The van der Waals surface area contributed by atoms with Crippen molar-refractivity contribution in [3.05, 3.63) is 15.6 Å². The molecule has 1 aromatic heterocycles. The molecule has 3 N–H and O–H groups in total. The van der Waals surface area contributed by atoms with Crippen LogP contribution in [0.2, 0.25) is 0 Å². The second-order valence-corrected chi connectivity index (χ2v) is 6.01. The molecule has 0 aliphatic carbocycles. The minimum absolute atomic E-state index is 0.165. The van der Waals surface area contributed by atoms with Crippen LogP contribution in [0.15, 0.2) is 0 Å². The SMILES string of the molecule is Cc1nc(C)c(C(C)NCC(C)(C)N)s1. The van der Waals surface area contributed by atoms with E-state index in [0.29, 0.717) is 6.04 Å². The molecule has 0 aliphatic heterocycles. The van der Waals surface area contributed by atoms with Crippen molar-refractivity contribution in [1.82, 2.24) is 10.3 Å². The highest BCUT2D eigenvalue weighted by Crippen LogP contribution is 2.24. The van der Waals surface area contributed by atoms with Crippen LogP contribution in [0.5, 0.6) is 0 Å². The molecule has 15 heavy (non-hydrogen) atoms. The lowest BCUT2D eigenvalue weighted by molar-refractivity contribution is 0.436.